The predicted octanol–water partition coefficient (Wildman–Crippen LogP) is 0.678. The number of amides is 2. The number of likely N-dealkylation sites (N-methyl/N-ethyl adjacent to an activating group) is 1. The fourth-order valence-electron chi connectivity index (χ4n) is 4.41. The highest BCUT2D eigenvalue weighted by Crippen LogP contribution is 2.26. The van der Waals surface area contributed by atoms with E-state index in [1.807, 2.05) is 16.7 Å². The number of urea groups is 1. The third-order valence-electron chi connectivity index (χ3n) is 6.22. The maximum absolute atomic E-state index is 12.5. The summed E-state index contributed by atoms with van der Waals surface area (Å²) in [4.78, 5) is 29.8. The van der Waals surface area contributed by atoms with Gasteiger partial charge in [-0.15, -0.1) is 0 Å². The Morgan fingerprint density at radius 1 is 1.15 bits per heavy atom. The van der Waals surface area contributed by atoms with Crippen molar-refractivity contribution in [3.8, 4) is 0 Å². The van der Waals surface area contributed by atoms with Crippen molar-refractivity contribution in [1.29, 1.82) is 0 Å². The van der Waals surface area contributed by atoms with Crippen LogP contribution >= 0.6 is 0 Å². The fourth-order valence-corrected chi connectivity index (χ4v) is 4.41. The van der Waals surface area contributed by atoms with Crippen LogP contribution in [0.15, 0.2) is 0 Å². The Bertz CT molecular complexity index is 498. The largest absolute Gasteiger partial charge is 0.480 e. The zero-order valence-electron chi connectivity index (χ0n) is 16.4. The Labute approximate surface area is 161 Å². The molecule has 8 heteroatoms. The molecule has 0 unspecified atom stereocenters. The number of nitrogens with one attached hydrogen (secondary N) is 1. The van der Waals surface area contributed by atoms with Gasteiger partial charge in [-0.3, -0.25) is 14.6 Å². The van der Waals surface area contributed by atoms with Gasteiger partial charge in [0.05, 0.1) is 19.8 Å². The molecule has 0 aromatic carbocycles. The van der Waals surface area contributed by atoms with Crippen molar-refractivity contribution in [2.24, 2.45) is 5.92 Å². The van der Waals surface area contributed by atoms with Gasteiger partial charge in [-0.1, -0.05) is 6.92 Å². The SMILES string of the molecule is CCN(CC(=O)O)C1CC(NC(=O)N2CCC(CN3CCOCC3)CC2)C1. The number of ether oxygens (including phenoxy) is 1. The Kier molecular flexibility index (Phi) is 7.32. The second-order valence-corrected chi connectivity index (χ2v) is 8.07. The van der Waals surface area contributed by atoms with Gasteiger partial charge in [0.1, 0.15) is 0 Å². The molecule has 3 fully saturated rings. The Morgan fingerprint density at radius 3 is 2.41 bits per heavy atom. The second-order valence-electron chi connectivity index (χ2n) is 8.07. The van der Waals surface area contributed by atoms with Gasteiger partial charge in [-0.05, 0) is 38.1 Å². The lowest BCUT2D eigenvalue weighted by Gasteiger charge is -2.43. The van der Waals surface area contributed by atoms with Gasteiger partial charge in [-0.25, -0.2) is 4.79 Å². The number of piperidine rings is 1. The molecule has 0 spiro atoms. The van der Waals surface area contributed by atoms with Crippen LogP contribution < -0.4 is 5.32 Å². The van der Waals surface area contributed by atoms with Crippen LogP contribution in [0.1, 0.15) is 32.6 Å². The first-order valence-electron chi connectivity index (χ1n) is 10.4. The van der Waals surface area contributed by atoms with E-state index in [2.05, 4.69) is 10.2 Å². The van der Waals surface area contributed by atoms with Gasteiger partial charge in [0.25, 0.3) is 0 Å². The first-order valence-corrected chi connectivity index (χ1v) is 10.4. The number of rotatable bonds is 7. The summed E-state index contributed by atoms with van der Waals surface area (Å²) in [6.07, 6.45) is 3.83. The number of likely N-dealkylation sites (tertiary alicyclic amines) is 1. The summed E-state index contributed by atoms with van der Waals surface area (Å²) in [5.41, 5.74) is 0. The van der Waals surface area contributed by atoms with Gasteiger partial charge < -0.3 is 20.1 Å². The molecule has 0 bridgehead atoms. The molecule has 0 atom stereocenters. The van der Waals surface area contributed by atoms with E-state index in [-0.39, 0.29) is 24.7 Å². The van der Waals surface area contributed by atoms with E-state index in [4.69, 9.17) is 9.84 Å². The quantitative estimate of drug-likeness (QED) is 0.674. The van der Waals surface area contributed by atoms with Gasteiger partial charge in [0.15, 0.2) is 0 Å². The number of nitrogens with zero attached hydrogens (tertiary/aromatic N) is 3. The molecule has 27 heavy (non-hydrogen) atoms. The topological polar surface area (TPSA) is 85.4 Å². The molecule has 0 radical (unpaired) electrons. The smallest absolute Gasteiger partial charge is 0.317 e. The molecule has 2 N–H and O–H groups in total. The minimum Gasteiger partial charge on any atom is -0.480 e. The molecule has 2 aliphatic heterocycles. The molecule has 2 heterocycles. The van der Waals surface area contributed by atoms with Gasteiger partial charge in [-0.2, -0.15) is 0 Å². The monoisotopic (exact) mass is 382 g/mol. The van der Waals surface area contributed by atoms with Crippen molar-refractivity contribution in [2.75, 3.05) is 59.0 Å². The first-order chi connectivity index (χ1) is 13.0. The van der Waals surface area contributed by atoms with Gasteiger partial charge in [0.2, 0.25) is 0 Å². The third-order valence-corrected chi connectivity index (χ3v) is 6.22. The minimum absolute atomic E-state index is 0.0459. The standard InChI is InChI=1S/C19H34N4O4/c1-2-22(14-18(24)25)17-11-16(12-17)20-19(26)23-5-3-15(4-6-23)13-21-7-9-27-10-8-21/h15-17H,2-14H2,1H3,(H,20,26)(H,24,25). The van der Waals surface area contributed by atoms with Crippen molar-refractivity contribution in [2.45, 2.75) is 44.7 Å². The number of aliphatic carboxylic acids is 1. The number of morpholine rings is 1. The maximum Gasteiger partial charge on any atom is 0.317 e. The normalized spacial score (nSPS) is 27.4. The van der Waals surface area contributed by atoms with Gasteiger partial charge in [0, 0.05) is 44.8 Å². The van der Waals surface area contributed by atoms with Crippen molar-refractivity contribution in [3.63, 3.8) is 0 Å². The van der Waals surface area contributed by atoms with E-state index >= 15 is 0 Å². The summed E-state index contributed by atoms with van der Waals surface area (Å²) >= 11 is 0. The molecule has 3 aliphatic rings. The van der Waals surface area contributed by atoms with Crippen LogP contribution in [-0.4, -0.2) is 103 Å². The predicted molar refractivity (Wildman–Crippen MR) is 102 cm³/mol. The molecule has 2 amide bonds. The lowest BCUT2D eigenvalue weighted by atomic mass is 9.85. The van der Waals surface area contributed by atoms with E-state index in [1.165, 1.54) is 0 Å². The maximum atomic E-state index is 12.5. The zero-order chi connectivity index (χ0) is 19.2. The highest BCUT2D eigenvalue weighted by molar-refractivity contribution is 5.74. The zero-order valence-corrected chi connectivity index (χ0v) is 16.4. The minimum atomic E-state index is -0.788. The van der Waals surface area contributed by atoms with Crippen molar-refractivity contribution < 1.29 is 19.4 Å². The van der Waals surface area contributed by atoms with Crippen molar-refractivity contribution >= 4 is 12.0 Å². The van der Waals surface area contributed by atoms with E-state index in [0.29, 0.717) is 5.92 Å². The highest BCUT2D eigenvalue weighted by Gasteiger charge is 2.36. The molecule has 3 rings (SSSR count). The average Bonchev–Trinajstić information content (AvgIpc) is 2.64. The van der Waals surface area contributed by atoms with Gasteiger partial charge >= 0.3 is 12.0 Å². The third kappa shape index (κ3) is 5.80. The van der Waals surface area contributed by atoms with Crippen LogP contribution in [0, 0.1) is 5.92 Å². The van der Waals surface area contributed by atoms with E-state index in [0.717, 1.165) is 78.2 Å². The number of carboxylic acid groups (broad SMARTS) is 1. The fraction of sp³-hybridized carbons (Fsp3) is 0.895. The molecule has 0 aromatic rings. The summed E-state index contributed by atoms with van der Waals surface area (Å²) in [6.45, 7) is 9.31. The molecule has 8 nitrogen and oxygen atoms in total. The van der Waals surface area contributed by atoms with Crippen LogP contribution in [0.2, 0.25) is 0 Å². The molecule has 2 saturated heterocycles. The summed E-state index contributed by atoms with van der Waals surface area (Å²) in [7, 11) is 0. The molecule has 0 aromatic heterocycles. The first kappa shape index (κ1) is 20.4. The van der Waals surface area contributed by atoms with E-state index < -0.39 is 5.97 Å². The lowest BCUT2D eigenvalue weighted by molar-refractivity contribution is -0.139. The van der Waals surface area contributed by atoms with Crippen LogP contribution in [0.5, 0.6) is 0 Å². The molecule has 1 saturated carbocycles. The summed E-state index contributed by atoms with van der Waals surface area (Å²) in [6, 6.07) is 0.497. The lowest BCUT2D eigenvalue weighted by Crippen LogP contribution is -2.57. The molecule has 154 valence electrons. The van der Waals surface area contributed by atoms with Crippen molar-refractivity contribution in [1.82, 2.24) is 20.0 Å². The Morgan fingerprint density at radius 2 is 1.81 bits per heavy atom. The average molecular weight is 383 g/mol. The second kappa shape index (κ2) is 9.71. The number of carbonyl (C=O) groups is 2. The Hall–Kier alpha value is -1.38. The summed E-state index contributed by atoms with van der Waals surface area (Å²) in [5.74, 6) is -0.112. The van der Waals surface area contributed by atoms with Crippen LogP contribution in [0.4, 0.5) is 4.79 Å². The highest BCUT2D eigenvalue weighted by atomic mass is 16.5. The summed E-state index contributed by atoms with van der Waals surface area (Å²) < 4.78 is 5.40. The summed E-state index contributed by atoms with van der Waals surface area (Å²) in [5, 5.41) is 12.1. The van der Waals surface area contributed by atoms with Crippen LogP contribution in [0.3, 0.4) is 0 Å². The Balaban J connectivity index is 1.32. The van der Waals surface area contributed by atoms with E-state index in [9.17, 15) is 9.59 Å². The number of carbonyl (C=O) groups excluding carboxylic acids is 1. The van der Waals surface area contributed by atoms with E-state index in [1.54, 1.807) is 0 Å². The van der Waals surface area contributed by atoms with Crippen LogP contribution in [-0.2, 0) is 9.53 Å². The van der Waals surface area contributed by atoms with Crippen molar-refractivity contribution in [3.05, 3.63) is 0 Å². The number of carboxylic acids is 1. The molecular weight excluding hydrogens is 348 g/mol. The molecular formula is C19H34N4O4. The number of hydrogen-bond acceptors (Lipinski definition) is 5. The molecule has 1 aliphatic carbocycles. The number of hydrogen-bond donors (Lipinski definition) is 2. The van der Waals surface area contributed by atoms with Crippen LogP contribution in [0.25, 0.3) is 0 Å².